The van der Waals surface area contributed by atoms with Gasteiger partial charge in [-0.3, -0.25) is 5.43 Å². The molecule has 24 heavy (non-hydrogen) atoms. The van der Waals surface area contributed by atoms with Crippen LogP contribution in [0.1, 0.15) is 19.4 Å². The molecule has 0 spiro atoms. The largest absolute Gasteiger partial charge is 0.494 e. The van der Waals surface area contributed by atoms with Crippen LogP contribution in [0.5, 0.6) is 5.75 Å². The van der Waals surface area contributed by atoms with Gasteiger partial charge in [-0.15, -0.1) is 0 Å². The molecule has 0 saturated carbocycles. The number of nitrogens with one attached hydrogen (secondary N) is 2. The molecule has 0 bridgehead atoms. The molecule has 0 atom stereocenters. The second kappa shape index (κ2) is 8.35. The van der Waals surface area contributed by atoms with Gasteiger partial charge in [-0.05, 0) is 62.5 Å². The summed E-state index contributed by atoms with van der Waals surface area (Å²) in [6, 6.07) is 10.6. The third-order valence-corrected chi connectivity index (χ3v) is 3.26. The van der Waals surface area contributed by atoms with E-state index in [2.05, 4.69) is 15.8 Å². The predicted molar refractivity (Wildman–Crippen MR) is 95.5 cm³/mol. The second-order valence-corrected chi connectivity index (χ2v) is 5.25. The Balaban J connectivity index is 1.96. The standard InChI is InChI=1S/C17H17F2N3OS/c1-3-23-14-7-5-13(6-8-14)20-17(24)22-21-11(2)15-9-4-12(18)10-16(15)19/h4-10H,3H2,1-2H3,(H2,20,22,24)/b21-11-. The second-order valence-electron chi connectivity index (χ2n) is 4.84. The van der Waals surface area contributed by atoms with Gasteiger partial charge in [0, 0.05) is 17.3 Å². The van der Waals surface area contributed by atoms with E-state index < -0.39 is 11.6 Å². The Bertz CT molecular complexity index is 748. The van der Waals surface area contributed by atoms with Crippen molar-refractivity contribution in [2.75, 3.05) is 11.9 Å². The Hall–Kier alpha value is -2.54. The SMILES string of the molecule is CCOc1ccc(NC(=S)N/N=C(/C)c2ccc(F)cc2F)cc1. The number of hydrogen-bond acceptors (Lipinski definition) is 3. The van der Waals surface area contributed by atoms with Gasteiger partial charge in [0.25, 0.3) is 0 Å². The van der Waals surface area contributed by atoms with E-state index in [1.54, 1.807) is 6.92 Å². The van der Waals surface area contributed by atoms with Crippen LogP contribution in [0.25, 0.3) is 0 Å². The van der Waals surface area contributed by atoms with Gasteiger partial charge >= 0.3 is 0 Å². The molecule has 2 N–H and O–H groups in total. The maximum absolute atomic E-state index is 13.7. The van der Waals surface area contributed by atoms with E-state index in [9.17, 15) is 8.78 Å². The lowest BCUT2D eigenvalue weighted by molar-refractivity contribution is 0.340. The Morgan fingerprint density at radius 3 is 2.50 bits per heavy atom. The van der Waals surface area contributed by atoms with Crippen molar-refractivity contribution in [3.8, 4) is 5.75 Å². The maximum atomic E-state index is 13.7. The zero-order chi connectivity index (χ0) is 17.5. The topological polar surface area (TPSA) is 45.6 Å². The normalized spacial score (nSPS) is 11.1. The molecule has 0 fully saturated rings. The summed E-state index contributed by atoms with van der Waals surface area (Å²) >= 11 is 5.13. The molecule has 2 aromatic carbocycles. The molecule has 2 rings (SSSR count). The lowest BCUT2D eigenvalue weighted by atomic mass is 10.1. The number of benzene rings is 2. The predicted octanol–water partition coefficient (Wildman–Crippen LogP) is 4.07. The van der Waals surface area contributed by atoms with Crippen molar-refractivity contribution in [2.24, 2.45) is 5.10 Å². The molecule has 0 amide bonds. The number of ether oxygens (including phenoxy) is 1. The van der Waals surface area contributed by atoms with Crippen LogP contribution in [0.4, 0.5) is 14.5 Å². The van der Waals surface area contributed by atoms with Crippen molar-refractivity contribution >= 4 is 28.7 Å². The summed E-state index contributed by atoms with van der Waals surface area (Å²) in [6.07, 6.45) is 0. The van der Waals surface area contributed by atoms with Crippen molar-refractivity contribution in [2.45, 2.75) is 13.8 Å². The van der Waals surface area contributed by atoms with Crippen LogP contribution in [0.15, 0.2) is 47.6 Å². The summed E-state index contributed by atoms with van der Waals surface area (Å²) in [7, 11) is 0. The fourth-order valence-electron chi connectivity index (χ4n) is 1.94. The van der Waals surface area contributed by atoms with E-state index in [1.807, 2.05) is 31.2 Å². The van der Waals surface area contributed by atoms with Gasteiger partial charge in [-0.2, -0.15) is 5.10 Å². The highest BCUT2D eigenvalue weighted by molar-refractivity contribution is 7.80. The average molecular weight is 349 g/mol. The zero-order valence-electron chi connectivity index (χ0n) is 13.3. The Kier molecular flexibility index (Phi) is 6.20. The van der Waals surface area contributed by atoms with Gasteiger partial charge in [-0.1, -0.05) is 0 Å². The Morgan fingerprint density at radius 2 is 1.88 bits per heavy atom. The van der Waals surface area contributed by atoms with E-state index >= 15 is 0 Å². The number of anilines is 1. The van der Waals surface area contributed by atoms with Gasteiger partial charge in [0.2, 0.25) is 0 Å². The van der Waals surface area contributed by atoms with Crippen LogP contribution >= 0.6 is 12.2 Å². The van der Waals surface area contributed by atoms with Crippen molar-refractivity contribution in [3.05, 3.63) is 59.7 Å². The monoisotopic (exact) mass is 349 g/mol. The first-order chi connectivity index (χ1) is 11.5. The first kappa shape index (κ1) is 17.8. The quantitative estimate of drug-likeness (QED) is 0.485. The van der Waals surface area contributed by atoms with Crippen molar-refractivity contribution < 1.29 is 13.5 Å². The first-order valence-corrected chi connectivity index (χ1v) is 7.70. The van der Waals surface area contributed by atoms with Gasteiger partial charge in [0.1, 0.15) is 17.4 Å². The highest BCUT2D eigenvalue weighted by atomic mass is 32.1. The van der Waals surface area contributed by atoms with Crippen molar-refractivity contribution in [1.29, 1.82) is 0 Å². The molecule has 0 aliphatic rings. The Labute approximate surface area is 144 Å². The molecule has 4 nitrogen and oxygen atoms in total. The number of rotatable bonds is 5. The van der Waals surface area contributed by atoms with Gasteiger partial charge in [0.15, 0.2) is 5.11 Å². The van der Waals surface area contributed by atoms with E-state index in [1.165, 1.54) is 12.1 Å². The first-order valence-electron chi connectivity index (χ1n) is 7.29. The summed E-state index contributed by atoms with van der Waals surface area (Å²) < 4.78 is 31.9. The number of hydrazone groups is 1. The summed E-state index contributed by atoms with van der Waals surface area (Å²) in [6.45, 7) is 4.11. The number of nitrogens with zero attached hydrogens (tertiary/aromatic N) is 1. The summed E-state index contributed by atoms with van der Waals surface area (Å²) in [5.74, 6) is -0.546. The Morgan fingerprint density at radius 1 is 1.17 bits per heavy atom. The molecule has 0 unspecified atom stereocenters. The maximum Gasteiger partial charge on any atom is 0.191 e. The van der Waals surface area contributed by atoms with Crippen LogP contribution in [-0.4, -0.2) is 17.4 Å². The number of hydrogen-bond donors (Lipinski definition) is 2. The van der Waals surface area contributed by atoms with Crippen molar-refractivity contribution in [1.82, 2.24) is 5.43 Å². The van der Waals surface area contributed by atoms with Crippen LogP contribution in [0.3, 0.4) is 0 Å². The molecule has 0 aromatic heterocycles. The molecule has 0 saturated heterocycles. The minimum absolute atomic E-state index is 0.202. The fourth-order valence-corrected chi connectivity index (χ4v) is 2.10. The highest BCUT2D eigenvalue weighted by Crippen LogP contribution is 2.15. The van der Waals surface area contributed by atoms with Crippen LogP contribution in [0.2, 0.25) is 0 Å². The zero-order valence-corrected chi connectivity index (χ0v) is 14.1. The third-order valence-electron chi connectivity index (χ3n) is 3.07. The fraction of sp³-hybridized carbons (Fsp3) is 0.176. The molecule has 126 valence electrons. The minimum Gasteiger partial charge on any atom is -0.494 e. The van der Waals surface area contributed by atoms with Gasteiger partial charge < -0.3 is 10.1 Å². The highest BCUT2D eigenvalue weighted by Gasteiger charge is 2.07. The summed E-state index contributed by atoms with van der Waals surface area (Å²) in [5.41, 5.74) is 3.94. The van der Waals surface area contributed by atoms with Crippen LogP contribution in [-0.2, 0) is 0 Å². The molecule has 0 aliphatic heterocycles. The van der Waals surface area contributed by atoms with Crippen molar-refractivity contribution in [3.63, 3.8) is 0 Å². The molecular weight excluding hydrogens is 332 g/mol. The number of halogens is 2. The van der Waals surface area contributed by atoms with E-state index in [0.29, 0.717) is 12.3 Å². The lowest BCUT2D eigenvalue weighted by Crippen LogP contribution is -2.25. The minimum atomic E-state index is -0.677. The third kappa shape index (κ3) is 4.99. The molecule has 0 radical (unpaired) electrons. The van der Waals surface area contributed by atoms with E-state index in [-0.39, 0.29) is 10.7 Å². The molecule has 2 aromatic rings. The van der Waals surface area contributed by atoms with E-state index in [4.69, 9.17) is 17.0 Å². The molecular formula is C17H17F2N3OS. The van der Waals surface area contributed by atoms with Gasteiger partial charge in [0.05, 0.1) is 12.3 Å². The summed E-state index contributed by atoms with van der Waals surface area (Å²) in [5, 5.41) is 7.20. The molecule has 0 heterocycles. The van der Waals surface area contributed by atoms with Crippen LogP contribution < -0.4 is 15.5 Å². The van der Waals surface area contributed by atoms with Crippen LogP contribution in [0, 0.1) is 11.6 Å². The average Bonchev–Trinajstić information content (AvgIpc) is 2.55. The molecule has 7 heteroatoms. The molecule has 0 aliphatic carbocycles. The van der Waals surface area contributed by atoms with Gasteiger partial charge in [-0.25, -0.2) is 8.78 Å². The summed E-state index contributed by atoms with van der Waals surface area (Å²) in [4.78, 5) is 0. The lowest BCUT2D eigenvalue weighted by Gasteiger charge is -2.09. The van der Waals surface area contributed by atoms with E-state index in [0.717, 1.165) is 17.5 Å². The number of thiocarbonyl (C=S) groups is 1. The smallest absolute Gasteiger partial charge is 0.191 e.